The summed E-state index contributed by atoms with van der Waals surface area (Å²) in [6, 6.07) is 25.8. The maximum Gasteiger partial charge on any atom is 0.310 e. The third kappa shape index (κ3) is 5.43. The minimum Gasteiger partial charge on any atom is -0.481 e. The van der Waals surface area contributed by atoms with Crippen molar-refractivity contribution in [1.82, 2.24) is 0 Å². The standard InChI is InChI=1S/C35H38O6S/c36-34(37)30(27-13-16-31(29(22-27)24-11-12-24)42(38,39)28-14-15-28)21-23-17-19-35(20-18-23)40-32(25-7-3-1-4-8-25)33(41-35)26-9-5-2-6-10-26/h1-10,13,16,22-24,28,30,32-33H,11-12,14-15,17-21H2,(H,36,37)/t30?,32-,33-/m0/s1. The van der Waals surface area contributed by atoms with Crippen LogP contribution in [0.4, 0.5) is 0 Å². The Morgan fingerprint density at radius 1 is 0.810 bits per heavy atom. The first kappa shape index (κ1) is 27.8. The van der Waals surface area contributed by atoms with Gasteiger partial charge in [0.05, 0.1) is 16.1 Å². The lowest BCUT2D eigenvalue weighted by Crippen LogP contribution is -2.36. The predicted molar refractivity (Wildman–Crippen MR) is 159 cm³/mol. The van der Waals surface area contributed by atoms with Gasteiger partial charge in [0.1, 0.15) is 12.2 Å². The first-order chi connectivity index (χ1) is 20.3. The van der Waals surface area contributed by atoms with E-state index in [1.807, 2.05) is 42.5 Å². The fraction of sp³-hybridized carbons (Fsp3) is 0.457. The second-order valence-corrected chi connectivity index (χ2v) is 14.9. The van der Waals surface area contributed by atoms with Gasteiger partial charge in [-0.25, -0.2) is 8.42 Å². The molecule has 3 aliphatic carbocycles. The first-order valence-electron chi connectivity index (χ1n) is 15.4. The number of hydrogen-bond donors (Lipinski definition) is 1. The number of rotatable bonds is 9. The molecule has 4 fully saturated rings. The smallest absolute Gasteiger partial charge is 0.310 e. The van der Waals surface area contributed by atoms with Crippen LogP contribution in [0, 0.1) is 5.92 Å². The molecule has 0 bridgehead atoms. The minimum absolute atomic E-state index is 0.205. The average molecular weight is 587 g/mol. The lowest BCUT2D eigenvalue weighted by molar-refractivity contribution is -0.201. The number of carbonyl (C=O) groups is 1. The molecule has 1 unspecified atom stereocenters. The Bertz CT molecular complexity index is 1490. The summed E-state index contributed by atoms with van der Waals surface area (Å²) in [5.74, 6) is -1.76. The van der Waals surface area contributed by atoms with Crippen molar-refractivity contribution in [3.05, 3.63) is 101 Å². The normalized spacial score (nSPS) is 25.0. The third-order valence-electron chi connectivity index (χ3n) is 9.67. The Morgan fingerprint density at radius 2 is 1.38 bits per heavy atom. The summed E-state index contributed by atoms with van der Waals surface area (Å²) in [5.41, 5.74) is 3.74. The summed E-state index contributed by atoms with van der Waals surface area (Å²) in [6.45, 7) is 0. The number of aliphatic carboxylic acids is 1. The van der Waals surface area contributed by atoms with Crippen LogP contribution in [0.5, 0.6) is 0 Å². The number of sulfone groups is 1. The molecular formula is C35H38O6S. The van der Waals surface area contributed by atoms with Gasteiger partial charge in [-0.1, -0.05) is 72.8 Å². The number of ether oxygens (including phenoxy) is 2. The summed E-state index contributed by atoms with van der Waals surface area (Å²) < 4.78 is 39.7. The van der Waals surface area contributed by atoms with Crippen molar-refractivity contribution in [1.29, 1.82) is 0 Å². The van der Waals surface area contributed by atoms with Crippen molar-refractivity contribution in [2.24, 2.45) is 5.92 Å². The van der Waals surface area contributed by atoms with E-state index in [-0.39, 0.29) is 29.3 Å². The van der Waals surface area contributed by atoms with Crippen LogP contribution in [0.3, 0.4) is 0 Å². The summed E-state index contributed by atoms with van der Waals surface area (Å²) >= 11 is 0. The van der Waals surface area contributed by atoms with E-state index in [2.05, 4.69) is 24.3 Å². The highest BCUT2D eigenvalue weighted by Gasteiger charge is 2.50. The van der Waals surface area contributed by atoms with E-state index < -0.39 is 27.5 Å². The van der Waals surface area contributed by atoms with Gasteiger partial charge in [0.25, 0.3) is 0 Å². The van der Waals surface area contributed by atoms with Crippen LogP contribution >= 0.6 is 0 Å². The van der Waals surface area contributed by atoms with Crippen LogP contribution in [0.1, 0.15) is 104 Å². The zero-order valence-corrected chi connectivity index (χ0v) is 24.5. The van der Waals surface area contributed by atoms with Crippen LogP contribution < -0.4 is 0 Å². The Morgan fingerprint density at radius 3 is 1.88 bits per heavy atom. The van der Waals surface area contributed by atoms with Gasteiger partial charge in [0.2, 0.25) is 0 Å². The molecule has 0 radical (unpaired) electrons. The minimum atomic E-state index is -3.33. The van der Waals surface area contributed by atoms with Crippen LogP contribution in [0.15, 0.2) is 83.8 Å². The largest absolute Gasteiger partial charge is 0.481 e. The van der Waals surface area contributed by atoms with Crippen molar-refractivity contribution < 1.29 is 27.8 Å². The molecule has 1 aliphatic heterocycles. The molecule has 7 heteroatoms. The van der Waals surface area contributed by atoms with Crippen molar-refractivity contribution in [3.8, 4) is 0 Å². The average Bonchev–Trinajstić information content (AvgIpc) is 3.94. The van der Waals surface area contributed by atoms with Gasteiger partial charge in [-0.2, -0.15) is 0 Å². The Kier molecular flexibility index (Phi) is 7.24. The maximum absolute atomic E-state index is 13.1. The molecule has 0 aromatic heterocycles. The molecule has 1 spiro atoms. The number of carboxylic acid groups (broad SMARTS) is 1. The lowest BCUT2D eigenvalue weighted by Gasteiger charge is -2.36. The molecule has 1 N–H and O–H groups in total. The third-order valence-corrected chi connectivity index (χ3v) is 12.0. The van der Waals surface area contributed by atoms with Crippen molar-refractivity contribution in [2.45, 2.75) is 97.8 Å². The monoisotopic (exact) mass is 586 g/mol. The second-order valence-electron chi connectivity index (χ2n) is 12.7. The predicted octanol–water partition coefficient (Wildman–Crippen LogP) is 7.47. The fourth-order valence-electron chi connectivity index (χ4n) is 7.00. The second kappa shape index (κ2) is 10.9. The zero-order chi connectivity index (χ0) is 28.9. The Labute approximate surface area is 248 Å². The molecule has 6 nitrogen and oxygen atoms in total. The molecule has 3 aromatic rings. The molecule has 4 aliphatic rings. The molecule has 1 heterocycles. The van der Waals surface area contributed by atoms with Gasteiger partial charge in [0, 0.05) is 12.8 Å². The SMILES string of the molecule is O=C(O)C(CC1CCC2(CC1)O[C@@H](c1ccccc1)[C@H](c1ccccc1)O2)c1ccc(S(=O)(=O)C2CC2)c(C2CC2)c1. The highest BCUT2D eigenvalue weighted by molar-refractivity contribution is 7.92. The Balaban J connectivity index is 1.08. The summed E-state index contributed by atoms with van der Waals surface area (Å²) in [5, 5.41) is 10.0. The van der Waals surface area contributed by atoms with Crippen LogP contribution in [-0.2, 0) is 24.1 Å². The van der Waals surface area contributed by atoms with E-state index in [1.54, 1.807) is 12.1 Å². The van der Waals surface area contributed by atoms with Gasteiger partial charge in [0.15, 0.2) is 15.6 Å². The summed E-state index contributed by atoms with van der Waals surface area (Å²) in [4.78, 5) is 13.0. The molecule has 1 saturated heterocycles. The quantitative estimate of drug-likeness (QED) is 0.280. The highest BCUT2D eigenvalue weighted by atomic mass is 32.2. The van der Waals surface area contributed by atoms with E-state index in [0.29, 0.717) is 24.2 Å². The van der Waals surface area contributed by atoms with E-state index in [9.17, 15) is 18.3 Å². The molecule has 3 saturated carbocycles. The molecule has 42 heavy (non-hydrogen) atoms. The zero-order valence-electron chi connectivity index (χ0n) is 23.7. The van der Waals surface area contributed by atoms with Crippen LogP contribution in [-0.4, -0.2) is 30.5 Å². The van der Waals surface area contributed by atoms with E-state index in [0.717, 1.165) is 60.8 Å². The Hall–Kier alpha value is -3.00. The molecular weight excluding hydrogens is 548 g/mol. The summed E-state index contributed by atoms with van der Waals surface area (Å²) in [7, 11) is -3.33. The molecule has 3 atom stereocenters. The van der Waals surface area contributed by atoms with Crippen molar-refractivity contribution >= 4 is 15.8 Å². The number of hydrogen-bond acceptors (Lipinski definition) is 5. The van der Waals surface area contributed by atoms with Gasteiger partial charge in [-0.15, -0.1) is 0 Å². The fourth-order valence-corrected chi connectivity index (χ4v) is 8.93. The summed E-state index contributed by atoms with van der Waals surface area (Å²) in [6.07, 6.45) is 6.54. The van der Waals surface area contributed by atoms with E-state index >= 15 is 0 Å². The number of carboxylic acids is 1. The van der Waals surface area contributed by atoms with Gasteiger partial charge in [-0.05, 0) is 85.1 Å². The molecule has 3 aromatic carbocycles. The van der Waals surface area contributed by atoms with Gasteiger partial charge >= 0.3 is 5.97 Å². The van der Waals surface area contributed by atoms with Crippen molar-refractivity contribution in [2.75, 3.05) is 0 Å². The van der Waals surface area contributed by atoms with Gasteiger partial charge < -0.3 is 14.6 Å². The lowest BCUT2D eigenvalue weighted by atomic mass is 9.78. The van der Waals surface area contributed by atoms with Crippen LogP contribution in [0.2, 0.25) is 0 Å². The van der Waals surface area contributed by atoms with E-state index in [1.165, 1.54) is 0 Å². The maximum atomic E-state index is 13.1. The first-order valence-corrected chi connectivity index (χ1v) is 16.9. The molecule has 220 valence electrons. The van der Waals surface area contributed by atoms with Crippen LogP contribution in [0.25, 0.3) is 0 Å². The van der Waals surface area contributed by atoms with Gasteiger partial charge in [-0.3, -0.25) is 4.79 Å². The topological polar surface area (TPSA) is 89.9 Å². The molecule has 7 rings (SSSR count). The number of benzene rings is 3. The van der Waals surface area contributed by atoms with Crippen molar-refractivity contribution in [3.63, 3.8) is 0 Å². The highest BCUT2D eigenvalue weighted by Crippen LogP contribution is 2.54. The van der Waals surface area contributed by atoms with E-state index in [4.69, 9.17) is 9.47 Å². The molecule has 0 amide bonds.